The molecule has 1 saturated heterocycles. The Morgan fingerprint density at radius 1 is 1.17 bits per heavy atom. The lowest BCUT2D eigenvalue weighted by atomic mass is 9.95. The number of aromatic nitrogens is 1. The number of sulfonamides is 1. The van der Waals surface area contributed by atoms with Gasteiger partial charge in [-0.3, -0.25) is 10.1 Å². The van der Waals surface area contributed by atoms with Crippen molar-refractivity contribution >= 4 is 33.5 Å². The average molecular weight is 526 g/mol. The van der Waals surface area contributed by atoms with Crippen molar-refractivity contribution in [2.75, 3.05) is 29.6 Å². The number of pyridine rings is 1. The molecule has 2 fully saturated rings. The van der Waals surface area contributed by atoms with Crippen LogP contribution < -0.4 is 20.3 Å². The van der Waals surface area contributed by atoms with Crippen molar-refractivity contribution in [3.63, 3.8) is 0 Å². The predicted molar refractivity (Wildman–Crippen MR) is 127 cm³/mol. The number of hydrogen-bond acceptors (Lipinski definition) is 5. The van der Waals surface area contributed by atoms with Gasteiger partial charge in [0.15, 0.2) is 0 Å². The third-order valence-electron chi connectivity index (χ3n) is 6.39. The summed E-state index contributed by atoms with van der Waals surface area (Å²) in [6.07, 6.45) is 0.00445. The van der Waals surface area contributed by atoms with Crippen LogP contribution in [0.15, 0.2) is 42.6 Å². The first-order chi connectivity index (χ1) is 16.9. The SMILES string of the molecule is CS(=O)(=O)NCC1(c2ccc(N3CCC[C@H](NC(=O)Nc4ccc(C(F)(F)F)cn4)C3=O)cc2)CC1. The first kappa shape index (κ1) is 25.9. The minimum absolute atomic E-state index is 0.0735. The van der Waals surface area contributed by atoms with E-state index < -0.39 is 33.8 Å². The van der Waals surface area contributed by atoms with Crippen molar-refractivity contribution in [3.05, 3.63) is 53.7 Å². The quantitative estimate of drug-likeness (QED) is 0.513. The van der Waals surface area contributed by atoms with E-state index >= 15 is 0 Å². The van der Waals surface area contributed by atoms with Gasteiger partial charge in [-0.05, 0) is 55.5 Å². The molecule has 1 aromatic heterocycles. The van der Waals surface area contributed by atoms with E-state index in [-0.39, 0.29) is 17.1 Å². The number of rotatable bonds is 7. The molecule has 3 amide bonds. The van der Waals surface area contributed by atoms with E-state index in [0.717, 1.165) is 36.8 Å². The Bertz CT molecular complexity index is 1230. The summed E-state index contributed by atoms with van der Waals surface area (Å²) in [5.74, 6) is -0.375. The molecular formula is C23H26F3N5O4S. The van der Waals surface area contributed by atoms with E-state index in [1.54, 1.807) is 4.90 Å². The first-order valence-corrected chi connectivity index (χ1v) is 13.2. The van der Waals surface area contributed by atoms with Gasteiger partial charge in [0.2, 0.25) is 15.9 Å². The van der Waals surface area contributed by atoms with Crippen LogP contribution in [0.25, 0.3) is 0 Å². The molecule has 9 nitrogen and oxygen atoms in total. The zero-order valence-corrected chi connectivity index (χ0v) is 20.2. The van der Waals surface area contributed by atoms with Crippen LogP contribution in [0.3, 0.4) is 0 Å². The number of benzene rings is 1. The molecule has 2 heterocycles. The number of hydrogen-bond donors (Lipinski definition) is 3. The Kier molecular flexibility index (Phi) is 6.97. The molecule has 194 valence electrons. The highest BCUT2D eigenvalue weighted by Gasteiger charge is 2.44. The highest BCUT2D eigenvalue weighted by atomic mass is 32.2. The van der Waals surface area contributed by atoms with Crippen molar-refractivity contribution < 1.29 is 31.2 Å². The number of carbonyl (C=O) groups is 2. The van der Waals surface area contributed by atoms with Crippen molar-refractivity contribution in [3.8, 4) is 0 Å². The van der Waals surface area contributed by atoms with Crippen LogP contribution in [0.1, 0.15) is 36.8 Å². The summed E-state index contributed by atoms with van der Waals surface area (Å²) in [5, 5.41) is 4.92. The molecule has 2 aliphatic rings. The lowest BCUT2D eigenvalue weighted by molar-refractivity contribution is -0.137. The molecule has 0 unspecified atom stereocenters. The molecule has 4 rings (SSSR count). The van der Waals surface area contributed by atoms with Gasteiger partial charge in [0.25, 0.3) is 0 Å². The maximum absolute atomic E-state index is 13.0. The lowest BCUT2D eigenvalue weighted by Gasteiger charge is -2.33. The van der Waals surface area contributed by atoms with E-state index in [1.807, 2.05) is 24.3 Å². The van der Waals surface area contributed by atoms with E-state index in [1.165, 1.54) is 0 Å². The smallest absolute Gasteiger partial charge is 0.326 e. The van der Waals surface area contributed by atoms with Crippen LogP contribution in [-0.4, -0.2) is 50.7 Å². The fourth-order valence-corrected chi connectivity index (χ4v) is 4.73. The molecule has 2 aromatic rings. The number of alkyl halides is 3. The third-order valence-corrected chi connectivity index (χ3v) is 7.06. The number of anilines is 2. The first-order valence-electron chi connectivity index (χ1n) is 11.3. The summed E-state index contributed by atoms with van der Waals surface area (Å²) in [4.78, 5) is 30.6. The predicted octanol–water partition coefficient (Wildman–Crippen LogP) is 3.00. The van der Waals surface area contributed by atoms with Gasteiger partial charge in [0.1, 0.15) is 11.9 Å². The Morgan fingerprint density at radius 2 is 1.86 bits per heavy atom. The van der Waals surface area contributed by atoms with Crippen molar-refractivity contribution in [2.24, 2.45) is 0 Å². The highest BCUT2D eigenvalue weighted by molar-refractivity contribution is 7.88. The van der Waals surface area contributed by atoms with Crippen LogP contribution in [0.5, 0.6) is 0 Å². The van der Waals surface area contributed by atoms with Crippen LogP contribution >= 0.6 is 0 Å². The molecule has 1 aliphatic carbocycles. The molecule has 1 aromatic carbocycles. The minimum atomic E-state index is -4.53. The lowest BCUT2D eigenvalue weighted by Crippen LogP contribution is -2.53. The van der Waals surface area contributed by atoms with Gasteiger partial charge in [-0.2, -0.15) is 13.2 Å². The second-order valence-electron chi connectivity index (χ2n) is 9.13. The number of carbonyl (C=O) groups excluding carboxylic acids is 2. The molecule has 1 atom stereocenters. The summed E-state index contributed by atoms with van der Waals surface area (Å²) < 4.78 is 63.5. The molecule has 0 radical (unpaired) electrons. The van der Waals surface area contributed by atoms with Gasteiger partial charge in [-0.25, -0.2) is 22.9 Å². The molecule has 0 bridgehead atoms. The Morgan fingerprint density at radius 3 is 2.42 bits per heavy atom. The van der Waals surface area contributed by atoms with Gasteiger partial charge < -0.3 is 10.2 Å². The van der Waals surface area contributed by atoms with E-state index in [2.05, 4.69) is 20.3 Å². The minimum Gasteiger partial charge on any atom is -0.326 e. The van der Waals surface area contributed by atoms with Crippen molar-refractivity contribution in [1.82, 2.24) is 15.0 Å². The van der Waals surface area contributed by atoms with Crippen molar-refractivity contribution in [1.29, 1.82) is 0 Å². The van der Waals surface area contributed by atoms with Gasteiger partial charge >= 0.3 is 12.2 Å². The summed E-state index contributed by atoms with van der Waals surface area (Å²) in [6, 6.07) is 7.69. The zero-order valence-electron chi connectivity index (χ0n) is 19.4. The summed E-state index contributed by atoms with van der Waals surface area (Å²) in [7, 11) is -3.29. The van der Waals surface area contributed by atoms with Gasteiger partial charge in [-0.15, -0.1) is 0 Å². The largest absolute Gasteiger partial charge is 0.417 e. The fourth-order valence-electron chi connectivity index (χ4n) is 4.19. The number of amides is 3. The second-order valence-corrected chi connectivity index (χ2v) is 11.0. The van der Waals surface area contributed by atoms with Crippen LogP contribution in [0.2, 0.25) is 0 Å². The molecule has 0 spiro atoms. The van der Waals surface area contributed by atoms with Crippen LogP contribution in [-0.2, 0) is 26.4 Å². The Hall–Kier alpha value is -3.19. The maximum atomic E-state index is 13.0. The maximum Gasteiger partial charge on any atom is 0.417 e. The third kappa shape index (κ3) is 6.13. The summed E-state index contributed by atoms with van der Waals surface area (Å²) in [6.45, 7) is 0.794. The fraction of sp³-hybridized carbons (Fsp3) is 0.435. The zero-order chi connectivity index (χ0) is 26.1. The normalized spacial score (nSPS) is 19.6. The van der Waals surface area contributed by atoms with E-state index in [0.29, 0.717) is 37.8 Å². The Labute approximate surface area is 206 Å². The molecule has 13 heteroatoms. The molecule has 1 aliphatic heterocycles. The number of nitrogens with zero attached hydrogens (tertiary/aromatic N) is 2. The summed E-state index contributed by atoms with van der Waals surface area (Å²) in [5.41, 5.74) is 0.482. The number of halogens is 3. The highest BCUT2D eigenvalue weighted by Crippen LogP contribution is 2.48. The Balaban J connectivity index is 1.36. The second kappa shape index (κ2) is 9.69. The van der Waals surface area contributed by atoms with Gasteiger partial charge in [0, 0.05) is 30.4 Å². The molecule has 1 saturated carbocycles. The molecule has 36 heavy (non-hydrogen) atoms. The topological polar surface area (TPSA) is 120 Å². The number of urea groups is 1. The van der Waals surface area contributed by atoms with Crippen LogP contribution in [0, 0.1) is 0 Å². The monoisotopic (exact) mass is 525 g/mol. The van der Waals surface area contributed by atoms with Crippen molar-refractivity contribution in [2.45, 2.75) is 43.3 Å². The summed E-state index contributed by atoms with van der Waals surface area (Å²) >= 11 is 0. The van der Waals surface area contributed by atoms with Gasteiger partial charge in [-0.1, -0.05) is 12.1 Å². The standard InChI is InChI=1S/C23H26F3N5O4S/c1-36(34,35)28-14-22(10-11-22)15-4-7-17(8-5-15)31-12-2-3-18(20(31)32)29-21(33)30-19-9-6-16(13-27-19)23(24,25)26/h4-9,13,18,28H,2-3,10-12,14H2,1H3,(H2,27,29,30,33)/t18-/m0/s1. The van der Waals surface area contributed by atoms with E-state index in [4.69, 9.17) is 0 Å². The molecular weight excluding hydrogens is 499 g/mol. The molecule has 3 N–H and O–H groups in total. The number of piperidine rings is 1. The van der Waals surface area contributed by atoms with E-state index in [9.17, 15) is 31.2 Å². The van der Waals surface area contributed by atoms with Gasteiger partial charge in [0.05, 0.1) is 11.8 Å². The average Bonchev–Trinajstić information content (AvgIpc) is 3.60. The number of nitrogens with one attached hydrogen (secondary N) is 3. The van der Waals surface area contributed by atoms with Crippen LogP contribution in [0.4, 0.5) is 29.5 Å².